The van der Waals surface area contributed by atoms with Crippen molar-refractivity contribution in [2.45, 2.75) is 78.2 Å². The van der Waals surface area contributed by atoms with Gasteiger partial charge in [-0.05, 0) is 43.6 Å². The molecule has 2 rings (SSSR count). The number of Topliss-reactive ketones (excluding diaryl/α,β-unsaturated/α-hetero) is 2. The van der Waals surface area contributed by atoms with Gasteiger partial charge in [0.1, 0.15) is 0 Å². The molecule has 1 amide bonds. The Morgan fingerprint density at radius 1 is 1.15 bits per heavy atom. The molecule has 1 aliphatic rings. The second-order valence-electron chi connectivity index (χ2n) is 8.39. The topological polar surface area (TPSA) is 54.5 Å². The van der Waals surface area contributed by atoms with E-state index in [1.165, 1.54) is 5.56 Å². The number of carbonyl (C=O) groups is 3. The fourth-order valence-corrected chi connectivity index (χ4v) is 3.56. The zero-order chi connectivity index (χ0) is 20.0. The lowest BCUT2D eigenvalue weighted by Crippen LogP contribution is -2.52. The molecule has 4 nitrogen and oxygen atoms in total. The normalized spacial score (nSPS) is 18.8. The van der Waals surface area contributed by atoms with Gasteiger partial charge in [-0.2, -0.15) is 0 Å². The van der Waals surface area contributed by atoms with E-state index in [0.29, 0.717) is 31.7 Å². The van der Waals surface area contributed by atoms with Crippen molar-refractivity contribution in [3.8, 4) is 0 Å². The third-order valence-corrected chi connectivity index (χ3v) is 6.02. The molecule has 0 spiro atoms. The molecule has 1 aromatic rings. The van der Waals surface area contributed by atoms with Gasteiger partial charge in [0.05, 0.1) is 6.04 Å². The molecule has 1 heterocycles. The summed E-state index contributed by atoms with van der Waals surface area (Å²) in [6.07, 6.45) is 4.27. The molecule has 1 saturated heterocycles. The number of carbonyl (C=O) groups excluding carboxylic acids is 3. The molecule has 0 aromatic heterocycles. The minimum absolute atomic E-state index is 0.0907. The van der Waals surface area contributed by atoms with Gasteiger partial charge in [-0.25, -0.2) is 0 Å². The minimum Gasteiger partial charge on any atom is -0.326 e. The molecule has 4 heteroatoms. The first-order chi connectivity index (χ1) is 12.8. The first-order valence-electron chi connectivity index (χ1n) is 10.2. The first-order valence-corrected chi connectivity index (χ1v) is 10.2. The predicted octanol–water partition coefficient (Wildman–Crippen LogP) is 4.53. The predicted molar refractivity (Wildman–Crippen MR) is 108 cm³/mol. The molecule has 1 fully saturated rings. The lowest BCUT2D eigenvalue weighted by Gasteiger charge is -2.36. The van der Waals surface area contributed by atoms with E-state index in [-0.39, 0.29) is 11.6 Å². The number of ketones is 2. The van der Waals surface area contributed by atoms with Crippen molar-refractivity contribution in [3.63, 3.8) is 0 Å². The van der Waals surface area contributed by atoms with Gasteiger partial charge in [-0.1, -0.05) is 58.0 Å². The van der Waals surface area contributed by atoms with Gasteiger partial charge in [-0.15, -0.1) is 0 Å². The Balaban J connectivity index is 2.02. The summed E-state index contributed by atoms with van der Waals surface area (Å²) >= 11 is 0. The average molecular weight is 372 g/mol. The fourth-order valence-electron chi connectivity index (χ4n) is 3.56. The lowest BCUT2D eigenvalue weighted by atomic mass is 9.83. The Labute approximate surface area is 163 Å². The van der Waals surface area contributed by atoms with Crippen LogP contribution < -0.4 is 0 Å². The van der Waals surface area contributed by atoms with Gasteiger partial charge in [0, 0.05) is 18.4 Å². The van der Waals surface area contributed by atoms with Crippen molar-refractivity contribution in [2.75, 3.05) is 6.54 Å². The zero-order valence-corrected chi connectivity index (χ0v) is 17.2. The quantitative estimate of drug-likeness (QED) is 0.631. The van der Waals surface area contributed by atoms with Gasteiger partial charge in [0.15, 0.2) is 5.78 Å². The molecule has 0 saturated carbocycles. The molecule has 1 aliphatic heterocycles. The number of piperidine rings is 1. The van der Waals surface area contributed by atoms with E-state index >= 15 is 0 Å². The Hall–Kier alpha value is -1.97. The SMILES string of the molecule is CCC(C)(C)C(=O)C(=O)N1CCCCC1C(=O)CCC(C)c1ccccc1. The van der Waals surface area contributed by atoms with Crippen LogP contribution in [0.1, 0.15) is 77.7 Å². The minimum atomic E-state index is -0.677. The molecule has 0 bridgehead atoms. The Morgan fingerprint density at radius 2 is 1.81 bits per heavy atom. The van der Waals surface area contributed by atoms with E-state index in [9.17, 15) is 14.4 Å². The van der Waals surface area contributed by atoms with Crippen LogP contribution in [0.5, 0.6) is 0 Å². The van der Waals surface area contributed by atoms with E-state index in [2.05, 4.69) is 19.1 Å². The van der Waals surface area contributed by atoms with Crippen molar-refractivity contribution < 1.29 is 14.4 Å². The van der Waals surface area contributed by atoms with Crippen molar-refractivity contribution in [2.24, 2.45) is 5.41 Å². The number of hydrogen-bond donors (Lipinski definition) is 0. The molecular weight excluding hydrogens is 338 g/mol. The summed E-state index contributed by atoms with van der Waals surface area (Å²) in [5, 5.41) is 0. The van der Waals surface area contributed by atoms with E-state index < -0.39 is 17.4 Å². The maximum atomic E-state index is 12.9. The van der Waals surface area contributed by atoms with Crippen molar-refractivity contribution in [1.82, 2.24) is 4.90 Å². The monoisotopic (exact) mass is 371 g/mol. The highest BCUT2D eigenvalue weighted by molar-refractivity contribution is 6.38. The molecule has 0 radical (unpaired) electrons. The Morgan fingerprint density at radius 3 is 2.44 bits per heavy atom. The summed E-state index contributed by atoms with van der Waals surface area (Å²) in [7, 11) is 0. The van der Waals surface area contributed by atoms with Crippen molar-refractivity contribution in [1.29, 1.82) is 0 Å². The molecule has 0 aliphatic carbocycles. The van der Waals surface area contributed by atoms with Crippen LogP contribution in [-0.2, 0) is 14.4 Å². The third kappa shape index (κ3) is 5.27. The summed E-state index contributed by atoms with van der Waals surface area (Å²) in [6.45, 7) is 8.15. The van der Waals surface area contributed by atoms with Crippen LogP contribution >= 0.6 is 0 Å². The van der Waals surface area contributed by atoms with Gasteiger partial charge in [0.2, 0.25) is 5.78 Å². The fraction of sp³-hybridized carbons (Fsp3) is 0.609. The van der Waals surface area contributed by atoms with E-state index in [0.717, 1.165) is 19.3 Å². The van der Waals surface area contributed by atoms with Crippen LogP contribution in [0.2, 0.25) is 0 Å². The summed E-state index contributed by atoms with van der Waals surface area (Å²) in [4.78, 5) is 39.9. The van der Waals surface area contributed by atoms with Crippen molar-refractivity contribution in [3.05, 3.63) is 35.9 Å². The maximum absolute atomic E-state index is 12.9. The number of hydrogen-bond acceptors (Lipinski definition) is 3. The van der Waals surface area contributed by atoms with Gasteiger partial charge in [0.25, 0.3) is 5.91 Å². The summed E-state index contributed by atoms with van der Waals surface area (Å²) in [6, 6.07) is 9.73. The number of likely N-dealkylation sites (tertiary alicyclic amines) is 1. The molecule has 0 N–H and O–H groups in total. The van der Waals surface area contributed by atoms with Gasteiger partial charge >= 0.3 is 0 Å². The summed E-state index contributed by atoms with van der Waals surface area (Å²) in [5.74, 6) is -0.463. The summed E-state index contributed by atoms with van der Waals surface area (Å²) in [5.41, 5.74) is 0.547. The molecule has 27 heavy (non-hydrogen) atoms. The average Bonchev–Trinajstić information content (AvgIpc) is 2.71. The number of nitrogens with zero attached hydrogens (tertiary/aromatic N) is 1. The second kappa shape index (κ2) is 9.29. The van der Waals surface area contributed by atoms with Crippen LogP contribution in [0.25, 0.3) is 0 Å². The Kier molecular flexibility index (Phi) is 7.34. The third-order valence-electron chi connectivity index (χ3n) is 6.02. The van der Waals surface area contributed by atoms with E-state index in [1.807, 2.05) is 25.1 Å². The van der Waals surface area contributed by atoms with Crippen LogP contribution in [0.15, 0.2) is 30.3 Å². The number of amides is 1. The maximum Gasteiger partial charge on any atom is 0.291 e. The van der Waals surface area contributed by atoms with Crippen LogP contribution in [0, 0.1) is 5.41 Å². The lowest BCUT2D eigenvalue weighted by molar-refractivity contribution is -0.153. The zero-order valence-electron chi connectivity index (χ0n) is 17.2. The highest BCUT2D eigenvalue weighted by Crippen LogP contribution is 2.27. The molecular formula is C23H33NO3. The largest absolute Gasteiger partial charge is 0.326 e. The molecule has 2 atom stereocenters. The van der Waals surface area contributed by atoms with Gasteiger partial charge < -0.3 is 4.90 Å². The van der Waals surface area contributed by atoms with E-state index in [4.69, 9.17) is 0 Å². The Bertz CT molecular complexity index is 665. The summed E-state index contributed by atoms with van der Waals surface area (Å²) < 4.78 is 0. The highest BCUT2D eigenvalue weighted by atomic mass is 16.2. The highest BCUT2D eigenvalue weighted by Gasteiger charge is 2.39. The second-order valence-corrected chi connectivity index (χ2v) is 8.39. The first kappa shape index (κ1) is 21.3. The van der Waals surface area contributed by atoms with Crippen molar-refractivity contribution >= 4 is 17.5 Å². The molecule has 148 valence electrons. The number of rotatable bonds is 8. The van der Waals surface area contributed by atoms with E-state index in [1.54, 1.807) is 18.7 Å². The van der Waals surface area contributed by atoms with Crippen LogP contribution in [0.3, 0.4) is 0 Å². The van der Waals surface area contributed by atoms with Crippen LogP contribution in [0.4, 0.5) is 0 Å². The molecule has 2 unspecified atom stereocenters. The van der Waals surface area contributed by atoms with Crippen LogP contribution in [-0.4, -0.2) is 35.0 Å². The van der Waals surface area contributed by atoms with Gasteiger partial charge in [-0.3, -0.25) is 14.4 Å². The smallest absolute Gasteiger partial charge is 0.291 e. The molecule has 1 aromatic carbocycles. The number of benzene rings is 1. The standard InChI is InChI=1S/C23H33NO3/c1-5-23(3,4)21(26)22(27)24-16-10-9-13-19(24)20(25)15-14-17(2)18-11-7-6-8-12-18/h6-8,11-12,17,19H,5,9-10,13-16H2,1-4H3.